The molecule has 0 fully saturated rings. The van der Waals surface area contributed by atoms with E-state index in [1.54, 1.807) is 12.1 Å². The highest BCUT2D eigenvalue weighted by molar-refractivity contribution is 6.39. The number of nitrogens with one attached hydrogen (secondary N) is 2. The lowest BCUT2D eigenvalue weighted by Crippen LogP contribution is -2.32. The van der Waals surface area contributed by atoms with Gasteiger partial charge in [0.05, 0.1) is 6.21 Å². The van der Waals surface area contributed by atoms with Crippen molar-refractivity contribution in [2.75, 3.05) is 5.32 Å². The molecule has 0 aliphatic heterocycles. The Kier molecular flexibility index (Phi) is 6.65. The summed E-state index contributed by atoms with van der Waals surface area (Å²) in [6.45, 7) is 3.91. The molecule has 2 rings (SSSR count). The smallest absolute Gasteiger partial charge is 0.318 e. The van der Waals surface area contributed by atoms with E-state index < -0.39 is 11.8 Å². The number of allylic oxidation sites excluding steroid dienone is 1. The zero-order valence-corrected chi connectivity index (χ0v) is 14.3. The van der Waals surface area contributed by atoms with E-state index in [2.05, 4.69) is 15.8 Å². The van der Waals surface area contributed by atoms with Gasteiger partial charge in [-0.15, -0.1) is 0 Å². The molecule has 128 valence electrons. The van der Waals surface area contributed by atoms with E-state index in [4.69, 9.17) is 0 Å². The van der Waals surface area contributed by atoms with Crippen molar-refractivity contribution in [1.82, 2.24) is 5.43 Å². The van der Waals surface area contributed by atoms with Crippen molar-refractivity contribution in [2.45, 2.75) is 20.3 Å². The summed E-state index contributed by atoms with van der Waals surface area (Å²) >= 11 is 0. The van der Waals surface area contributed by atoms with Gasteiger partial charge in [0.25, 0.3) is 0 Å². The van der Waals surface area contributed by atoms with Crippen LogP contribution >= 0.6 is 0 Å². The minimum atomic E-state index is -0.816. The molecule has 25 heavy (non-hydrogen) atoms. The SMILES string of the molecule is CCc1ccc(NC(=O)C(=O)N/N=C\C(C)=C/c2ccccc2)cc1. The highest BCUT2D eigenvalue weighted by Crippen LogP contribution is 2.09. The van der Waals surface area contributed by atoms with Gasteiger partial charge in [0.15, 0.2) is 0 Å². The largest absolute Gasteiger partial charge is 0.329 e. The summed E-state index contributed by atoms with van der Waals surface area (Å²) in [5.74, 6) is -1.57. The van der Waals surface area contributed by atoms with Gasteiger partial charge in [-0.3, -0.25) is 9.59 Å². The van der Waals surface area contributed by atoms with Gasteiger partial charge < -0.3 is 5.32 Å². The third-order valence-corrected chi connectivity index (χ3v) is 3.45. The van der Waals surface area contributed by atoms with Crippen LogP contribution in [0.5, 0.6) is 0 Å². The highest BCUT2D eigenvalue weighted by Gasteiger charge is 2.12. The molecule has 0 atom stereocenters. The summed E-state index contributed by atoms with van der Waals surface area (Å²) < 4.78 is 0. The Morgan fingerprint density at radius 2 is 1.68 bits per heavy atom. The Morgan fingerprint density at radius 1 is 1.00 bits per heavy atom. The molecule has 2 N–H and O–H groups in total. The maximum atomic E-state index is 11.8. The van der Waals surface area contributed by atoms with Crippen molar-refractivity contribution in [3.05, 3.63) is 71.3 Å². The van der Waals surface area contributed by atoms with Gasteiger partial charge in [-0.25, -0.2) is 5.43 Å². The number of aryl methyl sites for hydroxylation is 1. The van der Waals surface area contributed by atoms with Crippen molar-refractivity contribution in [2.24, 2.45) is 5.10 Å². The average Bonchev–Trinajstić information content (AvgIpc) is 2.63. The second kappa shape index (κ2) is 9.17. The molecular formula is C20H21N3O2. The van der Waals surface area contributed by atoms with Crippen LogP contribution in [0.15, 0.2) is 65.3 Å². The molecule has 0 aliphatic rings. The number of carbonyl (C=O) groups excluding carboxylic acids is 2. The van der Waals surface area contributed by atoms with Crippen molar-refractivity contribution in [3.8, 4) is 0 Å². The molecule has 2 amide bonds. The summed E-state index contributed by atoms with van der Waals surface area (Å²) in [4.78, 5) is 23.6. The quantitative estimate of drug-likeness (QED) is 0.499. The summed E-state index contributed by atoms with van der Waals surface area (Å²) in [6, 6.07) is 17.1. The summed E-state index contributed by atoms with van der Waals surface area (Å²) in [5.41, 5.74) is 5.83. The number of hydrazone groups is 1. The van der Waals surface area contributed by atoms with Crippen LogP contribution in [0.3, 0.4) is 0 Å². The Labute approximate surface area is 147 Å². The normalized spacial score (nSPS) is 11.4. The molecule has 0 saturated carbocycles. The molecule has 0 heterocycles. The minimum Gasteiger partial charge on any atom is -0.318 e. The van der Waals surface area contributed by atoms with Crippen LogP contribution in [0, 0.1) is 0 Å². The monoisotopic (exact) mass is 335 g/mol. The molecule has 0 radical (unpaired) electrons. The lowest BCUT2D eigenvalue weighted by molar-refractivity contribution is -0.136. The van der Waals surface area contributed by atoms with Crippen LogP contribution in [0.2, 0.25) is 0 Å². The van der Waals surface area contributed by atoms with Crippen LogP contribution in [-0.2, 0) is 16.0 Å². The molecule has 5 heteroatoms. The molecule has 0 saturated heterocycles. The van der Waals surface area contributed by atoms with Crippen molar-refractivity contribution < 1.29 is 9.59 Å². The number of carbonyl (C=O) groups is 2. The van der Waals surface area contributed by atoms with E-state index in [1.165, 1.54) is 6.21 Å². The van der Waals surface area contributed by atoms with Gasteiger partial charge in [0, 0.05) is 5.69 Å². The molecule has 0 bridgehead atoms. The number of benzene rings is 2. The molecule has 0 aliphatic carbocycles. The molecule has 2 aromatic rings. The molecule has 0 aromatic heterocycles. The predicted octanol–water partition coefficient (Wildman–Crippen LogP) is 3.39. The topological polar surface area (TPSA) is 70.6 Å². The standard InChI is InChI=1S/C20H21N3O2/c1-3-16-9-11-18(12-10-16)22-19(24)20(25)23-21-14-15(2)13-17-7-5-4-6-8-17/h4-14H,3H2,1-2H3,(H,22,24)(H,23,25)/b15-13-,21-14-. The third kappa shape index (κ3) is 6.06. The maximum Gasteiger partial charge on any atom is 0.329 e. The van der Waals surface area contributed by atoms with Gasteiger partial charge in [0.2, 0.25) is 0 Å². The second-order valence-electron chi connectivity index (χ2n) is 5.50. The Balaban J connectivity index is 1.86. The van der Waals surface area contributed by atoms with Crippen LogP contribution < -0.4 is 10.7 Å². The second-order valence-corrected chi connectivity index (χ2v) is 5.50. The van der Waals surface area contributed by atoms with Gasteiger partial charge in [-0.2, -0.15) is 5.10 Å². The first kappa shape index (κ1) is 18.1. The van der Waals surface area contributed by atoms with E-state index in [-0.39, 0.29) is 0 Å². The van der Waals surface area contributed by atoms with E-state index in [1.807, 2.05) is 62.4 Å². The van der Waals surface area contributed by atoms with Crippen molar-refractivity contribution in [1.29, 1.82) is 0 Å². The van der Waals surface area contributed by atoms with Crippen LogP contribution in [0.25, 0.3) is 6.08 Å². The third-order valence-electron chi connectivity index (χ3n) is 3.45. The van der Waals surface area contributed by atoms with Crippen molar-refractivity contribution in [3.63, 3.8) is 0 Å². The fraction of sp³-hybridized carbons (Fsp3) is 0.150. The van der Waals surface area contributed by atoms with Crippen LogP contribution in [0.1, 0.15) is 25.0 Å². The molecule has 5 nitrogen and oxygen atoms in total. The van der Waals surface area contributed by atoms with Gasteiger partial charge in [-0.1, -0.05) is 55.5 Å². The zero-order valence-electron chi connectivity index (χ0n) is 14.3. The van der Waals surface area contributed by atoms with Crippen LogP contribution in [-0.4, -0.2) is 18.0 Å². The number of nitrogens with zero attached hydrogens (tertiary/aromatic N) is 1. The number of anilines is 1. The Morgan fingerprint density at radius 3 is 2.32 bits per heavy atom. The van der Waals surface area contributed by atoms with E-state index >= 15 is 0 Å². The number of hydrogen-bond donors (Lipinski definition) is 2. The van der Waals surface area contributed by atoms with Crippen LogP contribution in [0.4, 0.5) is 5.69 Å². The first-order valence-electron chi connectivity index (χ1n) is 8.05. The predicted molar refractivity (Wildman–Crippen MR) is 101 cm³/mol. The number of amides is 2. The average molecular weight is 335 g/mol. The van der Waals surface area contributed by atoms with Crippen molar-refractivity contribution >= 4 is 29.8 Å². The Bertz CT molecular complexity index is 778. The number of rotatable bonds is 5. The zero-order chi connectivity index (χ0) is 18.1. The molecule has 0 unspecified atom stereocenters. The van der Waals surface area contributed by atoms with E-state index in [0.717, 1.165) is 23.1 Å². The lowest BCUT2D eigenvalue weighted by Gasteiger charge is -2.04. The first-order valence-corrected chi connectivity index (χ1v) is 8.05. The van der Waals surface area contributed by atoms with Gasteiger partial charge in [0.1, 0.15) is 0 Å². The Hall–Kier alpha value is -3.21. The highest BCUT2D eigenvalue weighted by atomic mass is 16.2. The molecule has 0 spiro atoms. The van der Waals surface area contributed by atoms with E-state index in [9.17, 15) is 9.59 Å². The van der Waals surface area contributed by atoms with Gasteiger partial charge >= 0.3 is 11.8 Å². The summed E-state index contributed by atoms with van der Waals surface area (Å²) in [5, 5.41) is 6.34. The fourth-order valence-electron chi connectivity index (χ4n) is 2.10. The molecular weight excluding hydrogens is 314 g/mol. The molecule has 2 aromatic carbocycles. The number of hydrogen-bond acceptors (Lipinski definition) is 3. The summed E-state index contributed by atoms with van der Waals surface area (Å²) in [7, 11) is 0. The minimum absolute atomic E-state index is 0.571. The maximum absolute atomic E-state index is 11.8. The first-order chi connectivity index (χ1) is 12.1. The van der Waals surface area contributed by atoms with E-state index in [0.29, 0.717) is 5.69 Å². The fourth-order valence-corrected chi connectivity index (χ4v) is 2.10. The summed E-state index contributed by atoms with van der Waals surface area (Å²) in [6.07, 6.45) is 4.33. The van der Waals surface area contributed by atoms with Gasteiger partial charge in [-0.05, 0) is 42.2 Å². The lowest BCUT2D eigenvalue weighted by atomic mass is 10.1.